The predicted molar refractivity (Wildman–Crippen MR) is 82.9 cm³/mol. The summed E-state index contributed by atoms with van der Waals surface area (Å²) >= 11 is 1.82. The van der Waals surface area contributed by atoms with Crippen LogP contribution in [0, 0.1) is 0 Å². The second kappa shape index (κ2) is 7.90. The minimum absolute atomic E-state index is 0.199. The third kappa shape index (κ3) is 7.17. The Hall–Kier alpha value is -0.720. The van der Waals surface area contributed by atoms with Crippen molar-refractivity contribution in [3.63, 3.8) is 0 Å². The molecule has 0 amide bonds. The minimum Gasteiger partial charge on any atom is -0.491 e. The Balaban J connectivity index is 2.45. The molecule has 2 atom stereocenters. The van der Waals surface area contributed by atoms with Crippen molar-refractivity contribution in [1.82, 2.24) is 0 Å². The van der Waals surface area contributed by atoms with E-state index in [1.54, 1.807) is 6.92 Å². The Labute approximate surface area is 126 Å². The number of hydrogen-bond acceptors (Lipinski definition) is 5. The van der Waals surface area contributed by atoms with Gasteiger partial charge < -0.3 is 4.74 Å². The van der Waals surface area contributed by atoms with Crippen molar-refractivity contribution in [3.8, 4) is 5.75 Å². The lowest BCUT2D eigenvalue weighted by atomic mass is 10.3. The summed E-state index contributed by atoms with van der Waals surface area (Å²) < 4.78 is 32.2. The molecule has 0 aliphatic carbocycles. The van der Waals surface area contributed by atoms with Crippen LogP contribution in [0.2, 0.25) is 0 Å². The van der Waals surface area contributed by atoms with E-state index in [-0.39, 0.29) is 6.61 Å². The lowest BCUT2D eigenvalue weighted by molar-refractivity contribution is 0.150. The first kappa shape index (κ1) is 17.3. The molecule has 1 rings (SSSR count). The predicted octanol–water partition coefficient (Wildman–Crippen LogP) is 3.32. The summed E-state index contributed by atoms with van der Waals surface area (Å²) in [6.07, 6.45) is 1.66. The molecular weight excluding hydrogens is 296 g/mol. The van der Waals surface area contributed by atoms with Gasteiger partial charge in [-0.3, -0.25) is 4.18 Å². The molecule has 0 aromatic heterocycles. The Kier molecular flexibility index (Phi) is 6.85. The van der Waals surface area contributed by atoms with Gasteiger partial charge in [-0.1, -0.05) is 13.8 Å². The topological polar surface area (TPSA) is 52.6 Å². The lowest BCUT2D eigenvalue weighted by Crippen LogP contribution is -2.21. The maximum Gasteiger partial charge on any atom is 0.264 e. The van der Waals surface area contributed by atoms with Crippen molar-refractivity contribution < 1.29 is 17.3 Å². The maximum atomic E-state index is 10.9. The van der Waals surface area contributed by atoms with Crippen molar-refractivity contribution in [2.24, 2.45) is 0 Å². The van der Waals surface area contributed by atoms with Gasteiger partial charge in [-0.2, -0.15) is 8.42 Å². The summed E-state index contributed by atoms with van der Waals surface area (Å²) in [5, 5.41) is 0.588. The number of thioether (sulfide) groups is 1. The summed E-state index contributed by atoms with van der Waals surface area (Å²) in [7, 11) is -3.43. The molecule has 0 saturated heterocycles. The number of benzene rings is 1. The van der Waals surface area contributed by atoms with Crippen molar-refractivity contribution >= 4 is 21.9 Å². The highest BCUT2D eigenvalue weighted by atomic mass is 32.2. The molecule has 0 radical (unpaired) electrons. The molecule has 114 valence electrons. The van der Waals surface area contributed by atoms with E-state index in [4.69, 9.17) is 8.92 Å². The maximum absolute atomic E-state index is 10.9. The molecular formula is C14H22O4S2. The van der Waals surface area contributed by atoms with Crippen molar-refractivity contribution in [2.75, 3.05) is 12.9 Å². The van der Waals surface area contributed by atoms with Gasteiger partial charge in [0.1, 0.15) is 18.5 Å². The molecule has 6 heteroatoms. The molecule has 0 spiro atoms. The quantitative estimate of drug-likeness (QED) is 0.543. The summed E-state index contributed by atoms with van der Waals surface area (Å²) in [5.74, 6) is 0.711. The summed E-state index contributed by atoms with van der Waals surface area (Å²) in [6, 6.07) is 7.79. The molecule has 2 unspecified atom stereocenters. The monoisotopic (exact) mass is 318 g/mol. The van der Waals surface area contributed by atoms with E-state index in [1.807, 2.05) is 36.0 Å². The van der Waals surface area contributed by atoms with E-state index in [0.29, 0.717) is 11.0 Å². The van der Waals surface area contributed by atoms with Crippen LogP contribution < -0.4 is 4.74 Å². The van der Waals surface area contributed by atoms with Crippen LogP contribution in [-0.2, 0) is 14.3 Å². The van der Waals surface area contributed by atoms with Crippen molar-refractivity contribution in [1.29, 1.82) is 0 Å². The van der Waals surface area contributed by atoms with E-state index >= 15 is 0 Å². The van der Waals surface area contributed by atoms with Crippen LogP contribution in [0.25, 0.3) is 0 Å². The van der Waals surface area contributed by atoms with Gasteiger partial charge in [-0.25, -0.2) is 0 Å². The molecule has 0 saturated carbocycles. The second-order valence-electron chi connectivity index (χ2n) is 4.73. The smallest absolute Gasteiger partial charge is 0.264 e. The molecule has 1 aromatic rings. The zero-order valence-corrected chi connectivity index (χ0v) is 14.0. The molecule has 0 heterocycles. The first-order chi connectivity index (χ1) is 9.30. The van der Waals surface area contributed by atoms with Gasteiger partial charge in [0, 0.05) is 10.1 Å². The fraction of sp³-hybridized carbons (Fsp3) is 0.571. The summed E-state index contributed by atoms with van der Waals surface area (Å²) in [4.78, 5) is 1.20. The first-order valence-corrected chi connectivity index (χ1v) is 9.27. The van der Waals surface area contributed by atoms with Crippen LogP contribution in [0.1, 0.15) is 27.2 Å². The van der Waals surface area contributed by atoms with E-state index in [0.717, 1.165) is 12.7 Å². The number of rotatable bonds is 8. The Morgan fingerprint density at radius 3 is 2.30 bits per heavy atom. The van der Waals surface area contributed by atoms with Gasteiger partial charge in [-0.15, -0.1) is 11.8 Å². The fourth-order valence-corrected chi connectivity index (χ4v) is 3.05. The average Bonchev–Trinajstić information content (AvgIpc) is 2.36. The molecule has 0 N–H and O–H groups in total. The van der Waals surface area contributed by atoms with Gasteiger partial charge >= 0.3 is 0 Å². The second-order valence-corrected chi connectivity index (χ2v) is 7.84. The normalized spacial score (nSPS) is 14.8. The molecule has 0 aliphatic rings. The fourth-order valence-electron chi connectivity index (χ4n) is 1.47. The van der Waals surface area contributed by atoms with Crippen LogP contribution in [0.15, 0.2) is 29.2 Å². The summed E-state index contributed by atoms with van der Waals surface area (Å²) in [6.45, 7) is 6.22. The molecule has 4 nitrogen and oxygen atoms in total. The molecule has 0 bridgehead atoms. The average molecular weight is 318 g/mol. The minimum atomic E-state index is -3.43. The first-order valence-electron chi connectivity index (χ1n) is 6.58. The summed E-state index contributed by atoms with van der Waals surface area (Å²) in [5.41, 5.74) is 0. The number of hydrogen-bond donors (Lipinski definition) is 0. The lowest BCUT2D eigenvalue weighted by Gasteiger charge is -2.13. The van der Waals surface area contributed by atoms with Gasteiger partial charge in [0.25, 0.3) is 10.1 Å². The highest BCUT2D eigenvalue weighted by molar-refractivity contribution is 7.99. The molecule has 0 fully saturated rings. The standard InChI is InChI=1S/C14H22O4S2/c1-5-12(3)19-14-8-6-13(7-9-14)17-10-11(2)18-20(4,15)16/h6-9,11-12H,5,10H2,1-4H3. The van der Waals surface area contributed by atoms with Crippen LogP contribution in [0.3, 0.4) is 0 Å². The van der Waals surface area contributed by atoms with E-state index in [9.17, 15) is 8.42 Å². The van der Waals surface area contributed by atoms with E-state index in [2.05, 4.69) is 13.8 Å². The largest absolute Gasteiger partial charge is 0.491 e. The van der Waals surface area contributed by atoms with Crippen LogP contribution in [0.4, 0.5) is 0 Å². The molecule has 1 aromatic carbocycles. The van der Waals surface area contributed by atoms with Gasteiger partial charge in [-0.05, 0) is 37.6 Å². The Morgan fingerprint density at radius 1 is 1.20 bits per heavy atom. The van der Waals surface area contributed by atoms with Crippen LogP contribution in [0.5, 0.6) is 5.75 Å². The van der Waals surface area contributed by atoms with Crippen molar-refractivity contribution in [2.45, 2.75) is 43.4 Å². The van der Waals surface area contributed by atoms with E-state index < -0.39 is 16.2 Å². The highest BCUT2D eigenvalue weighted by Gasteiger charge is 2.11. The van der Waals surface area contributed by atoms with Crippen LogP contribution >= 0.6 is 11.8 Å². The highest BCUT2D eigenvalue weighted by Crippen LogP contribution is 2.26. The molecule has 20 heavy (non-hydrogen) atoms. The zero-order chi connectivity index (χ0) is 15.2. The van der Waals surface area contributed by atoms with Gasteiger partial charge in [0.15, 0.2) is 0 Å². The Bertz CT molecular complexity index is 496. The third-order valence-electron chi connectivity index (χ3n) is 2.56. The van der Waals surface area contributed by atoms with Crippen molar-refractivity contribution in [3.05, 3.63) is 24.3 Å². The third-order valence-corrected chi connectivity index (χ3v) is 4.52. The van der Waals surface area contributed by atoms with Crippen LogP contribution in [-0.4, -0.2) is 32.6 Å². The number of ether oxygens (including phenoxy) is 1. The zero-order valence-electron chi connectivity index (χ0n) is 12.3. The Morgan fingerprint density at radius 2 is 1.80 bits per heavy atom. The SMILES string of the molecule is CCC(C)Sc1ccc(OCC(C)OS(C)(=O)=O)cc1. The van der Waals surface area contributed by atoms with Gasteiger partial charge in [0.2, 0.25) is 0 Å². The molecule has 0 aliphatic heterocycles. The van der Waals surface area contributed by atoms with Gasteiger partial charge in [0.05, 0.1) is 6.26 Å². The van der Waals surface area contributed by atoms with E-state index in [1.165, 1.54) is 4.90 Å².